The number of hydrogen-bond acceptors (Lipinski definition) is 4. The van der Waals surface area contributed by atoms with E-state index in [1.54, 1.807) is 11.9 Å². The van der Waals surface area contributed by atoms with Gasteiger partial charge in [0.1, 0.15) is 5.82 Å². The van der Waals surface area contributed by atoms with Gasteiger partial charge in [0.25, 0.3) is 5.91 Å². The van der Waals surface area contributed by atoms with E-state index in [0.717, 1.165) is 18.8 Å². The Morgan fingerprint density at radius 2 is 2.24 bits per heavy atom. The van der Waals surface area contributed by atoms with Gasteiger partial charge in [0.05, 0.1) is 0 Å². The Kier molecular flexibility index (Phi) is 5.09. The summed E-state index contributed by atoms with van der Waals surface area (Å²) >= 11 is 0. The summed E-state index contributed by atoms with van der Waals surface area (Å²) in [5.41, 5.74) is 0. The average molecular weight is 239 g/mol. The lowest BCUT2D eigenvalue weighted by Gasteiger charge is -2.14. The van der Waals surface area contributed by atoms with Gasteiger partial charge in [0.15, 0.2) is 0 Å². The molecule has 1 amide bonds. The van der Waals surface area contributed by atoms with Crippen LogP contribution in [-0.2, 0) is 0 Å². The summed E-state index contributed by atoms with van der Waals surface area (Å²) in [6.45, 7) is 5.60. The summed E-state index contributed by atoms with van der Waals surface area (Å²) in [6, 6.07) is 0. The van der Waals surface area contributed by atoms with Crippen LogP contribution in [0.25, 0.3) is 0 Å². The summed E-state index contributed by atoms with van der Waals surface area (Å²) in [4.78, 5) is 17.8. The van der Waals surface area contributed by atoms with E-state index in [4.69, 9.17) is 0 Å². The molecule has 0 unspecified atom stereocenters. The lowest BCUT2D eigenvalue weighted by atomic mass is 10.2. The fourth-order valence-corrected chi connectivity index (χ4v) is 1.39. The van der Waals surface area contributed by atoms with E-state index in [1.807, 2.05) is 20.9 Å². The number of rotatable bonds is 6. The number of carbonyl (C=O) groups is 1. The molecule has 0 radical (unpaired) electrons. The van der Waals surface area contributed by atoms with Gasteiger partial charge < -0.3 is 10.2 Å². The highest BCUT2D eigenvalue weighted by Crippen LogP contribution is 2.08. The number of nitrogens with one attached hydrogen (secondary N) is 2. The van der Waals surface area contributed by atoms with Crippen molar-refractivity contribution < 1.29 is 4.79 Å². The summed E-state index contributed by atoms with van der Waals surface area (Å²) in [6.07, 6.45) is 0.917. The Labute approximate surface area is 102 Å². The van der Waals surface area contributed by atoms with Crippen LogP contribution in [0.5, 0.6) is 0 Å². The Bertz CT molecular complexity index is 360. The maximum Gasteiger partial charge on any atom is 0.293 e. The Morgan fingerprint density at radius 3 is 2.76 bits per heavy atom. The van der Waals surface area contributed by atoms with Crippen molar-refractivity contribution in [2.24, 2.45) is 0 Å². The van der Waals surface area contributed by atoms with Crippen LogP contribution in [0, 0.1) is 0 Å². The first-order chi connectivity index (χ1) is 8.06. The van der Waals surface area contributed by atoms with Crippen molar-refractivity contribution in [1.29, 1.82) is 0 Å². The summed E-state index contributed by atoms with van der Waals surface area (Å²) < 4.78 is 0. The van der Waals surface area contributed by atoms with Gasteiger partial charge in [-0.2, -0.15) is 0 Å². The van der Waals surface area contributed by atoms with Crippen molar-refractivity contribution in [3.8, 4) is 0 Å². The molecule has 1 heterocycles. The minimum atomic E-state index is -0.135. The zero-order chi connectivity index (χ0) is 12.8. The second-order valence-corrected chi connectivity index (χ2v) is 4.38. The van der Waals surface area contributed by atoms with Crippen LogP contribution in [0.3, 0.4) is 0 Å². The van der Waals surface area contributed by atoms with Crippen molar-refractivity contribution >= 4 is 5.91 Å². The maximum absolute atomic E-state index is 11.9. The molecule has 0 saturated heterocycles. The molecule has 0 fully saturated rings. The van der Waals surface area contributed by atoms with Crippen molar-refractivity contribution in [3.63, 3.8) is 0 Å². The van der Waals surface area contributed by atoms with Crippen LogP contribution in [0.15, 0.2) is 0 Å². The van der Waals surface area contributed by atoms with Gasteiger partial charge in [0.2, 0.25) is 5.82 Å². The molecule has 6 heteroatoms. The fourth-order valence-electron chi connectivity index (χ4n) is 1.39. The molecule has 1 aromatic heterocycles. The topological polar surface area (TPSA) is 73.9 Å². The summed E-state index contributed by atoms with van der Waals surface area (Å²) in [7, 11) is 3.66. The van der Waals surface area contributed by atoms with E-state index >= 15 is 0 Å². The van der Waals surface area contributed by atoms with Crippen molar-refractivity contribution in [2.45, 2.75) is 26.2 Å². The van der Waals surface area contributed by atoms with Crippen LogP contribution in [-0.4, -0.2) is 53.2 Å². The lowest BCUT2D eigenvalue weighted by molar-refractivity contribution is 0.0782. The largest absolute Gasteiger partial charge is 0.339 e. The zero-order valence-corrected chi connectivity index (χ0v) is 10.9. The van der Waals surface area contributed by atoms with Crippen LogP contribution in [0.2, 0.25) is 0 Å². The quantitative estimate of drug-likeness (QED) is 0.713. The molecule has 0 bridgehead atoms. The molecular formula is C11H21N5O. The molecule has 0 aromatic carbocycles. The van der Waals surface area contributed by atoms with Crippen molar-refractivity contribution in [2.75, 3.05) is 27.2 Å². The molecule has 0 aliphatic heterocycles. The molecule has 0 saturated carbocycles. The predicted octanol–water partition coefficient (Wildman–Crippen LogP) is 0.610. The molecule has 0 aliphatic rings. The van der Waals surface area contributed by atoms with E-state index in [-0.39, 0.29) is 17.6 Å². The van der Waals surface area contributed by atoms with Crippen LogP contribution >= 0.6 is 0 Å². The van der Waals surface area contributed by atoms with E-state index < -0.39 is 0 Å². The van der Waals surface area contributed by atoms with Gasteiger partial charge in [-0.3, -0.25) is 9.89 Å². The van der Waals surface area contributed by atoms with Gasteiger partial charge in [-0.1, -0.05) is 13.8 Å². The smallest absolute Gasteiger partial charge is 0.293 e. The molecule has 1 rings (SSSR count). The second kappa shape index (κ2) is 6.34. The van der Waals surface area contributed by atoms with Crippen LogP contribution in [0.4, 0.5) is 0 Å². The number of nitrogens with zero attached hydrogens (tertiary/aromatic N) is 3. The monoisotopic (exact) mass is 239 g/mol. The second-order valence-electron chi connectivity index (χ2n) is 4.38. The minimum Gasteiger partial charge on any atom is -0.339 e. The summed E-state index contributed by atoms with van der Waals surface area (Å²) in [5, 5.41) is 9.78. The Balaban J connectivity index is 2.55. The average Bonchev–Trinajstić information content (AvgIpc) is 2.77. The van der Waals surface area contributed by atoms with Gasteiger partial charge in [-0.15, -0.1) is 5.10 Å². The van der Waals surface area contributed by atoms with Crippen LogP contribution in [0.1, 0.15) is 42.6 Å². The first kappa shape index (κ1) is 13.6. The highest BCUT2D eigenvalue weighted by molar-refractivity contribution is 5.90. The Morgan fingerprint density at radius 1 is 1.53 bits per heavy atom. The SMILES string of the molecule is CNCCCN(C)C(=O)c1n[nH]c(C(C)C)n1. The highest BCUT2D eigenvalue weighted by atomic mass is 16.2. The zero-order valence-electron chi connectivity index (χ0n) is 10.9. The van der Waals surface area contributed by atoms with Crippen LogP contribution < -0.4 is 5.32 Å². The predicted molar refractivity (Wildman–Crippen MR) is 66.0 cm³/mol. The number of aromatic amines is 1. The standard InChI is InChI=1S/C11H21N5O/c1-8(2)9-13-10(15-14-9)11(17)16(4)7-5-6-12-3/h8,12H,5-7H2,1-4H3,(H,13,14,15). The third-order valence-corrected chi connectivity index (χ3v) is 2.51. The number of H-pyrrole nitrogens is 1. The highest BCUT2D eigenvalue weighted by Gasteiger charge is 2.17. The maximum atomic E-state index is 11.9. The number of carbonyl (C=O) groups excluding carboxylic acids is 1. The first-order valence-electron chi connectivity index (χ1n) is 5.88. The molecule has 1 aromatic rings. The number of aromatic nitrogens is 3. The molecule has 17 heavy (non-hydrogen) atoms. The number of amides is 1. The normalized spacial score (nSPS) is 10.9. The van der Waals surface area contributed by atoms with E-state index in [2.05, 4.69) is 20.5 Å². The third-order valence-electron chi connectivity index (χ3n) is 2.51. The van der Waals surface area contributed by atoms with E-state index in [0.29, 0.717) is 6.54 Å². The third kappa shape index (κ3) is 3.81. The molecule has 0 aliphatic carbocycles. The molecule has 2 N–H and O–H groups in total. The summed E-state index contributed by atoms with van der Waals surface area (Å²) in [5.74, 6) is 1.11. The van der Waals surface area contributed by atoms with E-state index in [1.165, 1.54) is 0 Å². The fraction of sp³-hybridized carbons (Fsp3) is 0.727. The van der Waals surface area contributed by atoms with Gasteiger partial charge in [-0.25, -0.2) is 4.98 Å². The van der Waals surface area contributed by atoms with Gasteiger partial charge in [0, 0.05) is 19.5 Å². The van der Waals surface area contributed by atoms with Gasteiger partial charge in [-0.05, 0) is 20.0 Å². The molecule has 0 spiro atoms. The lowest BCUT2D eigenvalue weighted by Crippen LogP contribution is -2.30. The van der Waals surface area contributed by atoms with E-state index in [9.17, 15) is 4.79 Å². The van der Waals surface area contributed by atoms with Crippen molar-refractivity contribution in [3.05, 3.63) is 11.6 Å². The molecule has 96 valence electrons. The molecular weight excluding hydrogens is 218 g/mol. The minimum absolute atomic E-state index is 0.135. The molecule has 0 atom stereocenters. The van der Waals surface area contributed by atoms with Crippen molar-refractivity contribution in [1.82, 2.24) is 25.4 Å². The number of hydrogen-bond donors (Lipinski definition) is 2. The first-order valence-corrected chi connectivity index (χ1v) is 5.88. The Hall–Kier alpha value is -1.43. The van der Waals surface area contributed by atoms with Gasteiger partial charge >= 0.3 is 0 Å². The molecule has 6 nitrogen and oxygen atoms in total.